The van der Waals surface area contributed by atoms with Gasteiger partial charge < -0.3 is 20.9 Å². The molecule has 0 unspecified atom stereocenters. The standard InChI is InChI=1S/C13H19N5O2/c14-4-6-16-12(19)13(20)18-9-7-17(8-10-18)11-3-1-2-5-15-11/h1-3,5H,4,6-10,14H2,(H,16,19). The topological polar surface area (TPSA) is 91.6 Å². The molecule has 1 saturated heterocycles. The van der Waals surface area contributed by atoms with Crippen LogP contribution in [0, 0.1) is 0 Å². The summed E-state index contributed by atoms with van der Waals surface area (Å²) in [5.41, 5.74) is 5.28. The van der Waals surface area contributed by atoms with E-state index in [2.05, 4.69) is 15.2 Å². The minimum Gasteiger partial charge on any atom is -0.353 e. The molecule has 2 heterocycles. The lowest BCUT2D eigenvalue weighted by atomic mass is 10.3. The smallest absolute Gasteiger partial charge is 0.312 e. The molecule has 3 N–H and O–H groups in total. The highest BCUT2D eigenvalue weighted by Gasteiger charge is 2.25. The number of nitrogens with one attached hydrogen (secondary N) is 1. The summed E-state index contributed by atoms with van der Waals surface area (Å²) in [4.78, 5) is 31.4. The highest BCUT2D eigenvalue weighted by molar-refractivity contribution is 6.35. The second-order valence-corrected chi connectivity index (χ2v) is 4.51. The second-order valence-electron chi connectivity index (χ2n) is 4.51. The van der Waals surface area contributed by atoms with Crippen LogP contribution in [0.2, 0.25) is 0 Å². The van der Waals surface area contributed by atoms with Gasteiger partial charge in [0, 0.05) is 45.5 Å². The molecular weight excluding hydrogens is 258 g/mol. The van der Waals surface area contributed by atoms with E-state index in [9.17, 15) is 9.59 Å². The fourth-order valence-electron chi connectivity index (χ4n) is 2.08. The van der Waals surface area contributed by atoms with Gasteiger partial charge in [0.05, 0.1) is 0 Å². The van der Waals surface area contributed by atoms with Gasteiger partial charge in [-0.1, -0.05) is 6.07 Å². The van der Waals surface area contributed by atoms with E-state index in [0.717, 1.165) is 5.82 Å². The number of anilines is 1. The van der Waals surface area contributed by atoms with Crippen molar-refractivity contribution in [1.82, 2.24) is 15.2 Å². The summed E-state index contributed by atoms with van der Waals surface area (Å²) in [5, 5.41) is 2.49. The molecule has 20 heavy (non-hydrogen) atoms. The number of carbonyl (C=O) groups is 2. The molecule has 0 bridgehead atoms. The zero-order valence-corrected chi connectivity index (χ0v) is 11.3. The molecule has 0 spiro atoms. The van der Waals surface area contributed by atoms with Gasteiger partial charge >= 0.3 is 11.8 Å². The maximum atomic E-state index is 11.9. The van der Waals surface area contributed by atoms with Crippen molar-refractivity contribution in [3.05, 3.63) is 24.4 Å². The predicted octanol–water partition coefficient (Wildman–Crippen LogP) is -1.19. The third kappa shape index (κ3) is 3.45. The van der Waals surface area contributed by atoms with Crippen LogP contribution in [0.15, 0.2) is 24.4 Å². The van der Waals surface area contributed by atoms with E-state index in [1.165, 1.54) is 0 Å². The van der Waals surface area contributed by atoms with E-state index < -0.39 is 11.8 Å². The van der Waals surface area contributed by atoms with E-state index in [1.54, 1.807) is 11.1 Å². The fraction of sp³-hybridized carbons (Fsp3) is 0.462. The van der Waals surface area contributed by atoms with Crippen LogP contribution in [0.4, 0.5) is 5.82 Å². The first-order chi connectivity index (χ1) is 9.72. The minimum atomic E-state index is -0.582. The summed E-state index contributed by atoms with van der Waals surface area (Å²) >= 11 is 0. The number of amides is 2. The van der Waals surface area contributed by atoms with Crippen LogP contribution in [0.25, 0.3) is 0 Å². The van der Waals surface area contributed by atoms with Gasteiger partial charge in [0.15, 0.2) is 0 Å². The molecule has 1 aromatic rings. The Morgan fingerprint density at radius 1 is 1.25 bits per heavy atom. The first kappa shape index (κ1) is 14.3. The van der Waals surface area contributed by atoms with Gasteiger partial charge in [-0.3, -0.25) is 9.59 Å². The third-order valence-electron chi connectivity index (χ3n) is 3.16. The van der Waals surface area contributed by atoms with Crippen molar-refractivity contribution in [1.29, 1.82) is 0 Å². The van der Waals surface area contributed by atoms with Crippen LogP contribution in [-0.2, 0) is 9.59 Å². The molecule has 7 nitrogen and oxygen atoms in total. The van der Waals surface area contributed by atoms with Gasteiger partial charge in [-0.2, -0.15) is 0 Å². The van der Waals surface area contributed by atoms with E-state index in [0.29, 0.717) is 39.3 Å². The highest BCUT2D eigenvalue weighted by Crippen LogP contribution is 2.12. The van der Waals surface area contributed by atoms with Gasteiger partial charge in [0.2, 0.25) is 0 Å². The second kappa shape index (κ2) is 6.85. The molecule has 0 radical (unpaired) electrons. The molecule has 7 heteroatoms. The Bertz CT molecular complexity index is 457. The van der Waals surface area contributed by atoms with E-state index >= 15 is 0 Å². The summed E-state index contributed by atoms with van der Waals surface area (Å²) in [6, 6.07) is 5.73. The number of nitrogens with two attached hydrogens (primary N) is 1. The van der Waals surface area contributed by atoms with Gasteiger partial charge in [-0.15, -0.1) is 0 Å². The maximum absolute atomic E-state index is 11.9. The molecule has 1 aromatic heterocycles. The van der Waals surface area contributed by atoms with Crippen molar-refractivity contribution >= 4 is 17.6 Å². The van der Waals surface area contributed by atoms with Crippen LogP contribution in [0.5, 0.6) is 0 Å². The zero-order chi connectivity index (χ0) is 14.4. The fourth-order valence-corrected chi connectivity index (χ4v) is 2.08. The lowest BCUT2D eigenvalue weighted by Gasteiger charge is -2.34. The molecule has 108 valence electrons. The molecule has 0 aliphatic carbocycles. The summed E-state index contributed by atoms with van der Waals surface area (Å²) in [6.07, 6.45) is 1.74. The van der Waals surface area contributed by atoms with Crippen molar-refractivity contribution in [2.75, 3.05) is 44.2 Å². The highest BCUT2D eigenvalue weighted by atomic mass is 16.2. The van der Waals surface area contributed by atoms with Crippen LogP contribution in [0.3, 0.4) is 0 Å². The average molecular weight is 277 g/mol. The zero-order valence-electron chi connectivity index (χ0n) is 11.3. The van der Waals surface area contributed by atoms with Gasteiger partial charge in [0.25, 0.3) is 0 Å². The minimum absolute atomic E-state index is 0.318. The van der Waals surface area contributed by atoms with Crippen molar-refractivity contribution in [3.8, 4) is 0 Å². The summed E-state index contributed by atoms with van der Waals surface area (Å²) in [5.74, 6) is -0.173. The summed E-state index contributed by atoms with van der Waals surface area (Å²) < 4.78 is 0. The third-order valence-corrected chi connectivity index (χ3v) is 3.16. The van der Waals surface area contributed by atoms with Gasteiger partial charge in [-0.25, -0.2) is 4.98 Å². The Morgan fingerprint density at radius 3 is 2.60 bits per heavy atom. The summed E-state index contributed by atoms with van der Waals surface area (Å²) in [7, 11) is 0. The lowest BCUT2D eigenvalue weighted by molar-refractivity contribution is -0.146. The van der Waals surface area contributed by atoms with Crippen LogP contribution < -0.4 is 16.0 Å². The first-order valence-corrected chi connectivity index (χ1v) is 6.65. The normalized spacial score (nSPS) is 15.1. The molecule has 0 atom stereocenters. The number of nitrogens with zero attached hydrogens (tertiary/aromatic N) is 3. The van der Waals surface area contributed by atoms with Crippen molar-refractivity contribution in [2.45, 2.75) is 0 Å². The number of carbonyl (C=O) groups excluding carboxylic acids is 2. The number of hydrogen-bond acceptors (Lipinski definition) is 5. The van der Waals surface area contributed by atoms with E-state index in [1.807, 2.05) is 18.2 Å². The average Bonchev–Trinajstić information content (AvgIpc) is 2.53. The van der Waals surface area contributed by atoms with Gasteiger partial charge in [-0.05, 0) is 12.1 Å². The van der Waals surface area contributed by atoms with Crippen LogP contribution >= 0.6 is 0 Å². The van der Waals surface area contributed by atoms with E-state index in [4.69, 9.17) is 5.73 Å². The number of pyridine rings is 1. The predicted molar refractivity (Wildman–Crippen MR) is 75.1 cm³/mol. The Morgan fingerprint density at radius 2 is 2.00 bits per heavy atom. The summed E-state index contributed by atoms with van der Waals surface area (Å²) in [6.45, 7) is 3.03. The lowest BCUT2D eigenvalue weighted by Crippen LogP contribution is -2.53. The maximum Gasteiger partial charge on any atom is 0.312 e. The number of hydrogen-bond donors (Lipinski definition) is 2. The molecule has 0 saturated carbocycles. The Labute approximate surface area is 117 Å². The molecule has 2 amide bonds. The number of piperazine rings is 1. The SMILES string of the molecule is NCCNC(=O)C(=O)N1CCN(c2ccccn2)CC1. The van der Waals surface area contributed by atoms with Crippen molar-refractivity contribution < 1.29 is 9.59 Å². The Kier molecular flexibility index (Phi) is 4.89. The molecule has 1 aliphatic heterocycles. The van der Waals surface area contributed by atoms with Crippen molar-refractivity contribution in [2.24, 2.45) is 5.73 Å². The van der Waals surface area contributed by atoms with Crippen LogP contribution in [-0.4, -0.2) is 61.0 Å². The first-order valence-electron chi connectivity index (χ1n) is 6.65. The van der Waals surface area contributed by atoms with E-state index in [-0.39, 0.29) is 0 Å². The molecule has 1 aliphatic rings. The monoisotopic (exact) mass is 277 g/mol. The molecule has 1 fully saturated rings. The quantitative estimate of drug-likeness (QED) is 0.678. The van der Waals surface area contributed by atoms with Crippen molar-refractivity contribution in [3.63, 3.8) is 0 Å². The van der Waals surface area contributed by atoms with Gasteiger partial charge in [0.1, 0.15) is 5.82 Å². The van der Waals surface area contributed by atoms with Crippen LogP contribution in [0.1, 0.15) is 0 Å². The largest absolute Gasteiger partial charge is 0.353 e. The number of rotatable bonds is 3. The number of aromatic nitrogens is 1. The molecular formula is C13H19N5O2. The molecule has 2 rings (SSSR count). The Balaban J connectivity index is 1.85. The molecule has 0 aromatic carbocycles. The Hall–Kier alpha value is -2.15.